The van der Waals surface area contributed by atoms with Gasteiger partial charge in [-0.3, -0.25) is 14.7 Å². The SMILES string of the molecule is CCOc1cc(C(C)N2CC3(CC3)c3c(CN4CCNCC4)cc(Cn4ccnc4NC)cc3C2=O)ncc1F. The normalized spacial score (nSPS) is 19.0. The molecular weight excluding hydrogens is 509 g/mol. The van der Waals surface area contributed by atoms with Crippen LogP contribution in [0.5, 0.6) is 5.75 Å². The molecule has 1 spiro atoms. The summed E-state index contributed by atoms with van der Waals surface area (Å²) in [4.78, 5) is 27.5. The van der Waals surface area contributed by atoms with Crippen LogP contribution in [0.2, 0.25) is 0 Å². The minimum atomic E-state index is -0.491. The summed E-state index contributed by atoms with van der Waals surface area (Å²) in [5.41, 5.74) is 4.94. The van der Waals surface area contributed by atoms with Gasteiger partial charge in [-0.25, -0.2) is 9.37 Å². The van der Waals surface area contributed by atoms with E-state index < -0.39 is 5.82 Å². The topological polar surface area (TPSA) is 87.5 Å². The molecule has 3 aliphatic rings. The minimum Gasteiger partial charge on any atom is -0.491 e. The van der Waals surface area contributed by atoms with Gasteiger partial charge in [0, 0.05) is 75.8 Å². The van der Waals surface area contributed by atoms with Gasteiger partial charge < -0.3 is 24.8 Å². The Labute approximate surface area is 234 Å². The number of anilines is 1. The molecule has 1 aromatic carbocycles. The van der Waals surface area contributed by atoms with E-state index >= 15 is 0 Å². The van der Waals surface area contributed by atoms with Gasteiger partial charge in [-0.1, -0.05) is 6.07 Å². The largest absolute Gasteiger partial charge is 0.491 e. The van der Waals surface area contributed by atoms with Crippen LogP contribution < -0.4 is 15.4 Å². The van der Waals surface area contributed by atoms with Gasteiger partial charge in [-0.2, -0.15) is 0 Å². The van der Waals surface area contributed by atoms with Crippen LogP contribution in [-0.2, 0) is 18.5 Å². The Balaban J connectivity index is 1.39. The quantitative estimate of drug-likeness (QED) is 0.424. The standard InChI is InChI=1S/C30H38FN7O2/c1-4-40-26-15-25(35-16-24(26)31)20(2)38-19-30(5-6-30)27-22(18-36-10-7-33-8-11-36)13-21(14-23(27)28(38)39)17-37-12-9-34-29(37)32-3/h9,12-16,20,33H,4-8,10-11,17-19H2,1-3H3,(H,32,34). The molecule has 4 heterocycles. The lowest BCUT2D eigenvalue weighted by molar-refractivity contribution is 0.0632. The highest BCUT2D eigenvalue weighted by molar-refractivity contribution is 5.98. The van der Waals surface area contributed by atoms with Crippen molar-refractivity contribution in [1.29, 1.82) is 0 Å². The second kappa shape index (κ2) is 10.8. The predicted octanol–water partition coefficient (Wildman–Crippen LogP) is 3.56. The molecule has 40 heavy (non-hydrogen) atoms. The van der Waals surface area contributed by atoms with Crippen LogP contribution in [0, 0.1) is 5.82 Å². The summed E-state index contributed by atoms with van der Waals surface area (Å²) in [6.45, 7) is 10.2. The molecule has 2 aromatic heterocycles. The zero-order valence-corrected chi connectivity index (χ0v) is 23.5. The Morgan fingerprint density at radius 3 is 2.70 bits per heavy atom. The number of rotatable bonds is 9. The predicted molar refractivity (Wildman–Crippen MR) is 151 cm³/mol. The Hall–Kier alpha value is -3.50. The molecule has 3 aromatic rings. The number of aromatic nitrogens is 3. The van der Waals surface area contributed by atoms with E-state index in [1.165, 1.54) is 17.3 Å². The number of nitrogens with zero attached hydrogens (tertiary/aromatic N) is 5. The maximum atomic E-state index is 14.3. The summed E-state index contributed by atoms with van der Waals surface area (Å²) in [5, 5.41) is 6.59. The Morgan fingerprint density at radius 2 is 1.98 bits per heavy atom. The van der Waals surface area contributed by atoms with Gasteiger partial charge in [-0.15, -0.1) is 0 Å². The molecule has 1 atom stereocenters. The van der Waals surface area contributed by atoms with Crippen molar-refractivity contribution in [2.45, 2.75) is 51.2 Å². The van der Waals surface area contributed by atoms with E-state index in [1.807, 2.05) is 32.0 Å². The van der Waals surface area contributed by atoms with Gasteiger partial charge in [0.1, 0.15) is 0 Å². The molecule has 2 N–H and O–H groups in total. The third-order valence-corrected chi connectivity index (χ3v) is 8.56. The fraction of sp³-hybridized carbons (Fsp3) is 0.500. The molecule has 9 nitrogen and oxygen atoms in total. The number of amides is 1. The van der Waals surface area contributed by atoms with Crippen molar-refractivity contribution in [3.63, 3.8) is 0 Å². The number of carbonyl (C=O) groups excluding carboxylic acids is 1. The number of fused-ring (bicyclic) bond motifs is 2. The number of hydrogen-bond donors (Lipinski definition) is 2. The van der Waals surface area contributed by atoms with E-state index in [1.54, 1.807) is 12.3 Å². The molecule has 1 amide bonds. The molecule has 6 rings (SSSR count). The van der Waals surface area contributed by atoms with Crippen LogP contribution >= 0.6 is 0 Å². The maximum Gasteiger partial charge on any atom is 0.254 e. The molecule has 1 aliphatic carbocycles. The molecule has 0 bridgehead atoms. The molecular formula is C30H38FN7O2. The monoisotopic (exact) mass is 547 g/mol. The molecule has 1 unspecified atom stereocenters. The fourth-order valence-electron chi connectivity index (χ4n) is 6.34. The van der Waals surface area contributed by atoms with Gasteiger partial charge in [0.05, 0.1) is 31.1 Å². The zero-order valence-electron chi connectivity index (χ0n) is 23.5. The van der Waals surface area contributed by atoms with Crippen LogP contribution in [-0.4, -0.2) is 76.6 Å². The summed E-state index contributed by atoms with van der Waals surface area (Å²) in [5.74, 6) is 0.474. The summed E-state index contributed by atoms with van der Waals surface area (Å²) < 4.78 is 21.8. The highest BCUT2D eigenvalue weighted by Crippen LogP contribution is 2.55. The van der Waals surface area contributed by atoms with Crippen molar-refractivity contribution >= 4 is 11.9 Å². The second-order valence-corrected chi connectivity index (χ2v) is 11.2. The molecule has 2 fully saturated rings. The van der Waals surface area contributed by atoms with Crippen LogP contribution in [0.1, 0.15) is 65.5 Å². The first kappa shape index (κ1) is 26.7. The molecule has 10 heteroatoms. The molecule has 1 saturated heterocycles. The van der Waals surface area contributed by atoms with Gasteiger partial charge in [0.25, 0.3) is 5.91 Å². The van der Waals surface area contributed by atoms with Crippen molar-refractivity contribution in [3.05, 3.63) is 70.6 Å². The minimum absolute atomic E-state index is 0.00647. The van der Waals surface area contributed by atoms with E-state index in [9.17, 15) is 9.18 Å². The first-order valence-electron chi connectivity index (χ1n) is 14.3. The zero-order chi connectivity index (χ0) is 27.9. The van der Waals surface area contributed by atoms with Crippen LogP contribution in [0.4, 0.5) is 10.3 Å². The highest BCUT2D eigenvalue weighted by Gasteiger charge is 2.53. The van der Waals surface area contributed by atoms with E-state index in [0.29, 0.717) is 25.4 Å². The van der Waals surface area contributed by atoms with Crippen molar-refractivity contribution in [2.24, 2.45) is 0 Å². The van der Waals surface area contributed by atoms with E-state index in [0.717, 1.165) is 62.6 Å². The van der Waals surface area contributed by atoms with Gasteiger partial charge >= 0.3 is 0 Å². The highest BCUT2D eigenvalue weighted by atomic mass is 19.1. The number of nitrogens with one attached hydrogen (secondary N) is 2. The number of hydrogen-bond acceptors (Lipinski definition) is 7. The lowest BCUT2D eigenvalue weighted by atomic mass is 9.81. The Kier molecular flexibility index (Phi) is 7.22. The lowest BCUT2D eigenvalue weighted by Gasteiger charge is -2.40. The number of piperazine rings is 1. The smallest absolute Gasteiger partial charge is 0.254 e. The fourth-order valence-corrected chi connectivity index (χ4v) is 6.34. The Bertz CT molecular complexity index is 1400. The average Bonchev–Trinajstić information content (AvgIpc) is 3.59. The van der Waals surface area contributed by atoms with Crippen molar-refractivity contribution in [3.8, 4) is 5.75 Å². The first-order chi connectivity index (χ1) is 19.4. The lowest BCUT2D eigenvalue weighted by Crippen LogP contribution is -2.46. The van der Waals surface area contributed by atoms with Crippen LogP contribution in [0.25, 0.3) is 0 Å². The molecule has 0 radical (unpaired) electrons. The number of ether oxygens (including phenoxy) is 1. The van der Waals surface area contributed by atoms with E-state index in [-0.39, 0.29) is 23.1 Å². The van der Waals surface area contributed by atoms with E-state index in [2.05, 4.69) is 42.2 Å². The van der Waals surface area contributed by atoms with Gasteiger partial charge in [0.2, 0.25) is 5.95 Å². The van der Waals surface area contributed by atoms with Crippen molar-refractivity contribution in [2.75, 3.05) is 51.7 Å². The third-order valence-electron chi connectivity index (χ3n) is 8.56. The second-order valence-electron chi connectivity index (χ2n) is 11.2. The molecule has 2 aliphatic heterocycles. The average molecular weight is 548 g/mol. The van der Waals surface area contributed by atoms with Crippen LogP contribution in [0.15, 0.2) is 36.8 Å². The summed E-state index contributed by atoms with van der Waals surface area (Å²) >= 11 is 0. The number of carbonyl (C=O) groups is 1. The summed E-state index contributed by atoms with van der Waals surface area (Å²) in [6.07, 6.45) is 7.04. The number of halogens is 1. The van der Waals surface area contributed by atoms with Gasteiger partial charge in [-0.05, 0) is 49.4 Å². The Morgan fingerprint density at radius 1 is 1.18 bits per heavy atom. The number of pyridine rings is 1. The van der Waals surface area contributed by atoms with E-state index in [4.69, 9.17) is 4.74 Å². The van der Waals surface area contributed by atoms with Crippen molar-refractivity contribution < 1.29 is 13.9 Å². The number of imidazole rings is 1. The number of benzene rings is 1. The molecule has 1 saturated carbocycles. The summed E-state index contributed by atoms with van der Waals surface area (Å²) in [7, 11) is 1.86. The van der Waals surface area contributed by atoms with Crippen molar-refractivity contribution in [1.82, 2.24) is 29.7 Å². The van der Waals surface area contributed by atoms with Crippen LogP contribution in [0.3, 0.4) is 0 Å². The first-order valence-corrected chi connectivity index (χ1v) is 14.3. The summed E-state index contributed by atoms with van der Waals surface area (Å²) in [6, 6.07) is 5.71. The molecule has 212 valence electrons. The maximum absolute atomic E-state index is 14.3. The third kappa shape index (κ3) is 4.94. The van der Waals surface area contributed by atoms with Gasteiger partial charge in [0.15, 0.2) is 11.6 Å².